The van der Waals surface area contributed by atoms with E-state index in [1.807, 2.05) is 24.3 Å². The lowest BCUT2D eigenvalue weighted by atomic mass is 10.2. The first kappa shape index (κ1) is 17.4. The summed E-state index contributed by atoms with van der Waals surface area (Å²) in [7, 11) is -2.13. The number of nitrogens with one attached hydrogen (secondary N) is 2. The molecule has 2 aromatic carbocycles. The predicted octanol–water partition coefficient (Wildman–Crippen LogP) is 3.01. The normalized spacial score (nSPS) is 11.6. The predicted molar refractivity (Wildman–Crippen MR) is 94.5 cm³/mol. The molecule has 0 spiro atoms. The average Bonchev–Trinajstić information content (AvgIpc) is 2.55. The van der Waals surface area contributed by atoms with E-state index in [1.165, 1.54) is 37.4 Å². The van der Waals surface area contributed by atoms with Crippen LogP contribution in [-0.2, 0) is 14.8 Å². The number of benzene rings is 2. The summed E-state index contributed by atoms with van der Waals surface area (Å²) >= 11 is 3.34. The number of carbonyl (C=O) groups is 1. The largest absolute Gasteiger partial charge is 0.323 e. The van der Waals surface area contributed by atoms with Gasteiger partial charge in [-0.05, 0) is 55.1 Å². The topological polar surface area (TPSA) is 75.3 Å². The van der Waals surface area contributed by atoms with Crippen molar-refractivity contribution in [3.63, 3.8) is 0 Å². The molecule has 2 aromatic rings. The Balaban J connectivity index is 2.01. The van der Waals surface area contributed by atoms with Crippen LogP contribution in [0, 0.1) is 0 Å². The fraction of sp³-hybridized carbons (Fsp3) is 0.0625. The van der Waals surface area contributed by atoms with Crippen molar-refractivity contribution in [1.82, 2.24) is 4.72 Å². The molecule has 0 unspecified atom stereocenters. The highest BCUT2D eigenvalue weighted by atomic mass is 79.9. The molecule has 7 heteroatoms. The lowest BCUT2D eigenvalue weighted by Gasteiger charge is -2.05. The summed E-state index contributed by atoms with van der Waals surface area (Å²) in [6, 6.07) is 13.5. The second-order valence-corrected chi connectivity index (χ2v) is 7.41. The van der Waals surface area contributed by atoms with Gasteiger partial charge in [0, 0.05) is 16.2 Å². The van der Waals surface area contributed by atoms with Crippen molar-refractivity contribution in [2.24, 2.45) is 0 Å². The average molecular weight is 395 g/mol. The van der Waals surface area contributed by atoms with Crippen LogP contribution in [0.4, 0.5) is 5.69 Å². The molecule has 1 amide bonds. The maximum absolute atomic E-state index is 11.9. The van der Waals surface area contributed by atoms with Crippen molar-refractivity contribution in [3.05, 3.63) is 64.6 Å². The molecule has 0 aliphatic carbocycles. The third kappa shape index (κ3) is 5.02. The molecule has 2 rings (SSSR count). The molecule has 2 N–H and O–H groups in total. The highest BCUT2D eigenvalue weighted by molar-refractivity contribution is 9.10. The Labute approximate surface area is 143 Å². The molecular weight excluding hydrogens is 380 g/mol. The molecule has 0 saturated heterocycles. The van der Waals surface area contributed by atoms with Crippen LogP contribution in [0.1, 0.15) is 5.56 Å². The summed E-state index contributed by atoms with van der Waals surface area (Å²) < 4.78 is 26.4. The van der Waals surface area contributed by atoms with Crippen LogP contribution < -0.4 is 10.0 Å². The number of rotatable bonds is 5. The second kappa shape index (κ2) is 7.54. The molecular formula is C16H15BrN2O3S. The minimum Gasteiger partial charge on any atom is -0.323 e. The van der Waals surface area contributed by atoms with Crippen LogP contribution in [0.3, 0.4) is 0 Å². The number of anilines is 1. The van der Waals surface area contributed by atoms with E-state index in [4.69, 9.17) is 0 Å². The van der Waals surface area contributed by atoms with Gasteiger partial charge in [0.25, 0.3) is 0 Å². The zero-order valence-corrected chi connectivity index (χ0v) is 14.7. The first-order chi connectivity index (χ1) is 10.9. The molecule has 5 nitrogen and oxygen atoms in total. The smallest absolute Gasteiger partial charge is 0.248 e. The zero-order chi connectivity index (χ0) is 16.9. The van der Waals surface area contributed by atoms with Gasteiger partial charge in [-0.15, -0.1) is 0 Å². The van der Waals surface area contributed by atoms with Gasteiger partial charge < -0.3 is 5.32 Å². The van der Waals surface area contributed by atoms with Crippen molar-refractivity contribution in [3.8, 4) is 0 Å². The van der Waals surface area contributed by atoms with Gasteiger partial charge in [0.05, 0.1) is 4.90 Å². The van der Waals surface area contributed by atoms with Crippen LogP contribution in [0.2, 0.25) is 0 Å². The highest BCUT2D eigenvalue weighted by Gasteiger charge is 2.10. The molecule has 0 saturated carbocycles. The standard InChI is InChI=1S/C16H15BrN2O3S/c1-18-23(21,22)15-9-7-14(8-10-15)19-16(20)11-4-12-2-5-13(17)6-3-12/h2-11,18H,1H3,(H,19,20)/b11-4-. The summed E-state index contributed by atoms with van der Waals surface area (Å²) in [6.45, 7) is 0. The third-order valence-electron chi connectivity index (χ3n) is 3.00. The Kier molecular flexibility index (Phi) is 5.70. The second-order valence-electron chi connectivity index (χ2n) is 4.61. The summed E-state index contributed by atoms with van der Waals surface area (Å²) in [5.41, 5.74) is 1.42. The SMILES string of the molecule is CNS(=O)(=O)c1ccc(NC(=O)/C=C\c2ccc(Br)cc2)cc1. The van der Waals surface area contributed by atoms with Crippen LogP contribution in [0.15, 0.2) is 64.0 Å². The van der Waals surface area contributed by atoms with E-state index in [1.54, 1.807) is 6.08 Å². The summed E-state index contributed by atoms with van der Waals surface area (Å²) in [5.74, 6) is -0.294. The van der Waals surface area contributed by atoms with Crippen LogP contribution in [-0.4, -0.2) is 21.4 Å². The zero-order valence-electron chi connectivity index (χ0n) is 12.3. The Morgan fingerprint density at radius 3 is 2.22 bits per heavy atom. The molecule has 0 bridgehead atoms. The number of sulfonamides is 1. The van der Waals surface area contributed by atoms with Crippen molar-refractivity contribution >= 4 is 43.6 Å². The van der Waals surface area contributed by atoms with Crippen LogP contribution in [0.25, 0.3) is 6.08 Å². The Hall–Kier alpha value is -1.96. The molecule has 0 radical (unpaired) electrons. The van der Waals surface area contributed by atoms with E-state index >= 15 is 0 Å². The molecule has 0 aliphatic heterocycles. The fourth-order valence-corrected chi connectivity index (χ4v) is 2.76. The number of amides is 1. The van der Waals surface area contributed by atoms with Crippen molar-refractivity contribution in [2.75, 3.05) is 12.4 Å². The maximum atomic E-state index is 11.9. The first-order valence-corrected chi connectivity index (χ1v) is 8.96. The fourth-order valence-electron chi connectivity index (χ4n) is 1.77. The lowest BCUT2D eigenvalue weighted by molar-refractivity contribution is -0.111. The van der Waals surface area contributed by atoms with Gasteiger partial charge in [-0.1, -0.05) is 28.1 Å². The van der Waals surface area contributed by atoms with Crippen molar-refractivity contribution in [2.45, 2.75) is 4.90 Å². The van der Waals surface area contributed by atoms with Gasteiger partial charge in [-0.2, -0.15) is 0 Å². The van der Waals surface area contributed by atoms with E-state index in [0.29, 0.717) is 5.69 Å². The van der Waals surface area contributed by atoms with Gasteiger partial charge >= 0.3 is 0 Å². The number of hydrogen-bond donors (Lipinski definition) is 2. The third-order valence-corrected chi connectivity index (χ3v) is 4.96. The van der Waals surface area contributed by atoms with E-state index in [2.05, 4.69) is 26.0 Å². The van der Waals surface area contributed by atoms with E-state index in [9.17, 15) is 13.2 Å². The Morgan fingerprint density at radius 1 is 1.04 bits per heavy atom. The van der Waals surface area contributed by atoms with Gasteiger partial charge in [-0.25, -0.2) is 13.1 Å². The van der Waals surface area contributed by atoms with Crippen LogP contribution in [0.5, 0.6) is 0 Å². The highest BCUT2D eigenvalue weighted by Crippen LogP contribution is 2.14. The molecule has 0 atom stereocenters. The summed E-state index contributed by atoms with van der Waals surface area (Å²) in [6.07, 6.45) is 3.11. The Morgan fingerprint density at radius 2 is 1.65 bits per heavy atom. The van der Waals surface area contributed by atoms with E-state index in [0.717, 1.165) is 10.0 Å². The molecule has 23 heavy (non-hydrogen) atoms. The lowest BCUT2D eigenvalue weighted by Crippen LogP contribution is -2.18. The maximum Gasteiger partial charge on any atom is 0.248 e. The minimum atomic E-state index is -3.47. The first-order valence-electron chi connectivity index (χ1n) is 6.69. The molecule has 120 valence electrons. The summed E-state index contributed by atoms with van der Waals surface area (Å²) in [4.78, 5) is 12.0. The monoisotopic (exact) mass is 394 g/mol. The van der Waals surface area contributed by atoms with Crippen LogP contribution >= 0.6 is 15.9 Å². The van der Waals surface area contributed by atoms with E-state index < -0.39 is 10.0 Å². The molecule has 0 fully saturated rings. The van der Waals surface area contributed by atoms with E-state index in [-0.39, 0.29) is 10.8 Å². The quantitative estimate of drug-likeness (QED) is 0.765. The van der Waals surface area contributed by atoms with Gasteiger partial charge in [0.2, 0.25) is 15.9 Å². The number of hydrogen-bond acceptors (Lipinski definition) is 3. The van der Waals surface area contributed by atoms with Gasteiger partial charge in [-0.3, -0.25) is 4.79 Å². The molecule has 0 heterocycles. The Bertz CT molecular complexity index is 813. The minimum absolute atomic E-state index is 0.142. The van der Waals surface area contributed by atoms with Gasteiger partial charge in [0.1, 0.15) is 0 Å². The van der Waals surface area contributed by atoms with Gasteiger partial charge in [0.15, 0.2) is 0 Å². The van der Waals surface area contributed by atoms with Crippen molar-refractivity contribution in [1.29, 1.82) is 0 Å². The molecule has 0 aromatic heterocycles. The number of halogens is 1. The van der Waals surface area contributed by atoms with Crippen molar-refractivity contribution < 1.29 is 13.2 Å². The summed E-state index contributed by atoms with van der Waals surface area (Å²) in [5, 5.41) is 2.67. The molecule has 0 aliphatic rings. The number of carbonyl (C=O) groups excluding carboxylic acids is 1.